The summed E-state index contributed by atoms with van der Waals surface area (Å²) in [4.78, 5) is 37.6. The molecule has 0 aliphatic rings. The van der Waals surface area contributed by atoms with Crippen molar-refractivity contribution < 1.29 is 19.8 Å². The molecular formula is C20H16N2O5. The summed E-state index contributed by atoms with van der Waals surface area (Å²) in [6, 6.07) is 14.3. The molecule has 1 aromatic heterocycles. The number of hydrogen-bond donors (Lipinski definition) is 4. The van der Waals surface area contributed by atoms with Crippen LogP contribution in [0, 0.1) is 6.92 Å². The lowest BCUT2D eigenvalue weighted by Gasteiger charge is -2.14. The van der Waals surface area contributed by atoms with E-state index in [0.717, 1.165) is 16.7 Å². The summed E-state index contributed by atoms with van der Waals surface area (Å²) in [5.74, 6) is -3.36. The molecule has 5 N–H and O–H groups in total. The van der Waals surface area contributed by atoms with Gasteiger partial charge in [-0.1, -0.05) is 42.5 Å². The molecule has 3 aromatic rings. The van der Waals surface area contributed by atoms with Crippen molar-refractivity contribution in [1.29, 1.82) is 0 Å². The molecule has 7 heteroatoms. The first-order valence-electron chi connectivity index (χ1n) is 8.00. The second-order valence-corrected chi connectivity index (χ2v) is 6.00. The predicted molar refractivity (Wildman–Crippen MR) is 101 cm³/mol. The first-order valence-corrected chi connectivity index (χ1v) is 8.00. The standard InChI is InChI=1S/C20H16N2O5/c1-10-5-2-3-8-13(10)11-6-4-7-12(9-11)14-15(19(24)25)17(21)22-18(23)16(14)20(26)27/h2-9H,1H3,(H,24,25)(H,26,27)(H3,21,22,23). The van der Waals surface area contributed by atoms with Gasteiger partial charge in [0.25, 0.3) is 5.56 Å². The number of nitrogen functional groups attached to an aromatic ring is 1. The van der Waals surface area contributed by atoms with Gasteiger partial charge in [0.05, 0.1) is 0 Å². The van der Waals surface area contributed by atoms with Crippen molar-refractivity contribution in [2.75, 3.05) is 5.73 Å². The highest BCUT2D eigenvalue weighted by atomic mass is 16.4. The topological polar surface area (TPSA) is 133 Å². The van der Waals surface area contributed by atoms with E-state index in [2.05, 4.69) is 4.98 Å². The molecule has 1 heterocycles. The van der Waals surface area contributed by atoms with E-state index < -0.39 is 34.4 Å². The molecule has 136 valence electrons. The van der Waals surface area contributed by atoms with E-state index in [1.54, 1.807) is 18.2 Å². The maximum atomic E-state index is 12.2. The van der Waals surface area contributed by atoms with Crippen LogP contribution >= 0.6 is 0 Å². The van der Waals surface area contributed by atoms with Gasteiger partial charge in [0.2, 0.25) is 0 Å². The molecule has 7 nitrogen and oxygen atoms in total. The molecule has 0 saturated carbocycles. The lowest BCUT2D eigenvalue weighted by molar-refractivity contribution is 0.0695. The quantitative estimate of drug-likeness (QED) is 0.562. The minimum atomic E-state index is -1.53. The zero-order valence-electron chi connectivity index (χ0n) is 14.3. The number of carbonyl (C=O) groups is 2. The summed E-state index contributed by atoms with van der Waals surface area (Å²) >= 11 is 0. The number of carboxylic acid groups (broad SMARTS) is 2. The normalized spacial score (nSPS) is 10.6. The Morgan fingerprint density at radius 2 is 1.56 bits per heavy atom. The largest absolute Gasteiger partial charge is 0.478 e. The molecule has 0 aliphatic carbocycles. The number of H-pyrrole nitrogens is 1. The molecule has 0 spiro atoms. The van der Waals surface area contributed by atoms with Crippen molar-refractivity contribution in [2.45, 2.75) is 6.92 Å². The van der Waals surface area contributed by atoms with Gasteiger partial charge in [-0.2, -0.15) is 0 Å². The van der Waals surface area contributed by atoms with Gasteiger partial charge in [-0.25, -0.2) is 9.59 Å². The Labute approximate surface area is 153 Å². The Hall–Kier alpha value is -3.87. The molecule has 0 aliphatic heterocycles. The van der Waals surface area contributed by atoms with Crippen LogP contribution < -0.4 is 11.3 Å². The highest BCUT2D eigenvalue weighted by Crippen LogP contribution is 2.33. The fourth-order valence-electron chi connectivity index (χ4n) is 3.07. The van der Waals surface area contributed by atoms with Crippen LogP contribution in [0.25, 0.3) is 22.3 Å². The van der Waals surface area contributed by atoms with Gasteiger partial charge in [-0.05, 0) is 35.2 Å². The molecule has 0 amide bonds. The fourth-order valence-corrected chi connectivity index (χ4v) is 3.07. The minimum Gasteiger partial charge on any atom is -0.478 e. The smallest absolute Gasteiger partial charge is 0.342 e. The lowest BCUT2D eigenvalue weighted by Crippen LogP contribution is -2.24. The van der Waals surface area contributed by atoms with E-state index in [1.165, 1.54) is 0 Å². The van der Waals surface area contributed by atoms with Crippen molar-refractivity contribution >= 4 is 17.8 Å². The second kappa shape index (κ2) is 6.80. The van der Waals surface area contributed by atoms with E-state index in [1.807, 2.05) is 37.3 Å². The first-order chi connectivity index (χ1) is 12.8. The summed E-state index contributed by atoms with van der Waals surface area (Å²) in [5, 5.41) is 19.0. The molecular weight excluding hydrogens is 348 g/mol. The monoisotopic (exact) mass is 364 g/mol. The number of nitrogens with two attached hydrogens (primary N) is 1. The van der Waals surface area contributed by atoms with Crippen LogP contribution in [-0.4, -0.2) is 27.1 Å². The van der Waals surface area contributed by atoms with Crippen LogP contribution in [0.2, 0.25) is 0 Å². The number of pyridine rings is 1. The van der Waals surface area contributed by atoms with E-state index in [9.17, 15) is 24.6 Å². The highest BCUT2D eigenvalue weighted by molar-refractivity contribution is 6.07. The Kier molecular flexibility index (Phi) is 4.51. The molecule has 0 atom stereocenters. The van der Waals surface area contributed by atoms with Crippen molar-refractivity contribution in [1.82, 2.24) is 4.98 Å². The van der Waals surface area contributed by atoms with Gasteiger partial charge >= 0.3 is 11.9 Å². The van der Waals surface area contributed by atoms with Gasteiger partial charge in [0, 0.05) is 5.56 Å². The zero-order chi connectivity index (χ0) is 19.7. The maximum absolute atomic E-state index is 12.2. The molecule has 0 bridgehead atoms. The summed E-state index contributed by atoms with van der Waals surface area (Å²) in [5.41, 5.74) is 6.33. The number of carboxylic acids is 2. The third kappa shape index (κ3) is 3.18. The Morgan fingerprint density at radius 1 is 0.926 bits per heavy atom. The number of benzene rings is 2. The van der Waals surface area contributed by atoms with Gasteiger partial charge in [-0.3, -0.25) is 4.79 Å². The average Bonchev–Trinajstić information content (AvgIpc) is 2.60. The number of aromatic carboxylic acids is 2. The van der Waals surface area contributed by atoms with E-state index in [4.69, 9.17) is 5.73 Å². The highest BCUT2D eigenvalue weighted by Gasteiger charge is 2.26. The van der Waals surface area contributed by atoms with Gasteiger partial charge in [0.1, 0.15) is 16.9 Å². The van der Waals surface area contributed by atoms with Crippen molar-refractivity contribution in [2.24, 2.45) is 0 Å². The number of hydrogen-bond acceptors (Lipinski definition) is 4. The second-order valence-electron chi connectivity index (χ2n) is 6.00. The molecule has 0 saturated heterocycles. The molecule has 3 rings (SSSR count). The Balaban J connectivity index is 2.37. The van der Waals surface area contributed by atoms with Gasteiger partial charge in [-0.15, -0.1) is 0 Å². The number of rotatable bonds is 4. The van der Waals surface area contributed by atoms with Crippen LogP contribution in [0.15, 0.2) is 53.3 Å². The molecule has 0 unspecified atom stereocenters. The Morgan fingerprint density at radius 3 is 2.19 bits per heavy atom. The summed E-state index contributed by atoms with van der Waals surface area (Å²) < 4.78 is 0. The summed E-state index contributed by atoms with van der Waals surface area (Å²) in [7, 11) is 0. The van der Waals surface area contributed by atoms with E-state index in [-0.39, 0.29) is 11.1 Å². The average molecular weight is 364 g/mol. The van der Waals surface area contributed by atoms with Crippen LogP contribution in [0.5, 0.6) is 0 Å². The molecule has 2 aromatic carbocycles. The number of nitrogens with one attached hydrogen (secondary N) is 1. The third-order valence-corrected chi connectivity index (χ3v) is 4.28. The SMILES string of the molecule is Cc1ccccc1-c1cccc(-c2c(C(=O)O)c(N)[nH]c(=O)c2C(=O)O)c1. The summed E-state index contributed by atoms with van der Waals surface area (Å²) in [6.45, 7) is 1.93. The maximum Gasteiger partial charge on any atom is 0.342 e. The van der Waals surface area contributed by atoms with Crippen LogP contribution in [-0.2, 0) is 0 Å². The van der Waals surface area contributed by atoms with Crippen LogP contribution in [0.3, 0.4) is 0 Å². The van der Waals surface area contributed by atoms with Gasteiger partial charge < -0.3 is 20.9 Å². The number of anilines is 1. The van der Waals surface area contributed by atoms with Crippen molar-refractivity contribution in [3.63, 3.8) is 0 Å². The van der Waals surface area contributed by atoms with Crippen LogP contribution in [0.4, 0.5) is 5.82 Å². The molecule has 0 fully saturated rings. The van der Waals surface area contributed by atoms with Crippen molar-refractivity contribution in [3.05, 3.63) is 75.6 Å². The van der Waals surface area contributed by atoms with Crippen LogP contribution in [0.1, 0.15) is 26.3 Å². The minimum absolute atomic E-state index is 0.216. The van der Waals surface area contributed by atoms with Crippen molar-refractivity contribution in [3.8, 4) is 22.3 Å². The number of aryl methyl sites for hydroxylation is 1. The molecule has 0 radical (unpaired) electrons. The third-order valence-electron chi connectivity index (χ3n) is 4.28. The number of aromatic nitrogens is 1. The lowest BCUT2D eigenvalue weighted by atomic mass is 9.92. The summed E-state index contributed by atoms with van der Waals surface area (Å²) in [6.07, 6.45) is 0. The predicted octanol–water partition coefficient (Wildman–Crippen LogP) is 3.00. The number of aromatic amines is 1. The molecule has 27 heavy (non-hydrogen) atoms. The zero-order valence-corrected chi connectivity index (χ0v) is 14.3. The van der Waals surface area contributed by atoms with Gasteiger partial charge in [0.15, 0.2) is 0 Å². The fraction of sp³-hybridized carbons (Fsp3) is 0.0500. The van der Waals surface area contributed by atoms with E-state index >= 15 is 0 Å². The van der Waals surface area contributed by atoms with E-state index in [0.29, 0.717) is 0 Å². The first kappa shape index (κ1) is 17.9. The Bertz CT molecular complexity index is 1130.